The van der Waals surface area contributed by atoms with E-state index in [0.29, 0.717) is 0 Å². The van der Waals surface area contributed by atoms with Crippen molar-refractivity contribution in [2.45, 2.75) is 19.8 Å². The molecule has 0 saturated carbocycles. The number of ether oxygens (including phenoxy) is 1. The molecule has 0 aliphatic rings. The van der Waals surface area contributed by atoms with Crippen LogP contribution in [0.15, 0.2) is 0 Å². The molecule has 0 aromatic heterocycles. The maximum absolute atomic E-state index is 5.40. The number of rotatable bonds is 8. The van der Waals surface area contributed by atoms with Crippen LogP contribution in [0.5, 0.6) is 0 Å². The third-order valence-electron chi connectivity index (χ3n) is 1.71. The van der Waals surface area contributed by atoms with Crippen LogP contribution in [0, 0.1) is 0 Å². The lowest BCUT2D eigenvalue weighted by Crippen LogP contribution is -2.25. The molecule has 2 N–H and O–H groups in total. The predicted molar refractivity (Wildman–Crippen MR) is 52.3 cm³/mol. The minimum Gasteiger partial charge on any atom is -0.380 e. The van der Waals surface area contributed by atoms with Gasteiger partial charge < -0.3 is 15.4 Å². The van der Waals surface area contributed by atoms with E-state index in [1.165, 1.54) is 0 Å². The van der Waals surface area contributed by atoms with Crippen molar-refractivity contribution in [1.82, 2.24) is 4.90 Å². The molecular formula is C9H22N2O. The summed E-state index contributed by atoms with van der Waals surface area (Å²) in [7, 11) is 2.10. The van der Waals surface area contributed by atoms with Crippen LogP contribution in [-0.2, 0) is 4.74 Å². The Labute approximate surface area is 75.9 Å². The molecule has 0 unspecified atom stereocenters. The van der Waals surface area contributed by atoms with Gasteiger partial charge in [0.15, 0.2) is 0 Å². The van der Waals surface area contributed by atoms with Gasteiger partial charge in [0.2, 0.25) is 0 Å². The third-order valence-corrected chi connectivity index (χ3v) is 1.71. The summed E-state index contributed by atoms with van der Waals surface area (Å²) in [5, 5.41) is 0. The molecule has 0 amide bonds. The molecule has 74 valence electrons. The van der Waals surface area contributed by atoms with Crippen LogP contribution >= 0.6 is 0 Å². The number of nitrogens with zero attached hydrogens (tertiary/aromatic N) is 1. The molecule has 0 aliphatic heterocycles. The monoisotopic (exact) mass is 174 g/mol. The van der Waals surface area contributed by atoms with Gasteiger partial charge in [-0.1, -0.05) is 6.92 Å². The van der Waals surface area contributed by atoms with Crippen molar-refractivity contribution in [2.24, 2.45) is 5.73 Å². The summed E-state index contributed by atoms with van der Waals surface area (Å²) in [5.74, 6) is 0. The van der Waals surface area contributed by atoms with Gasteiger partial charge in [-0.25, -0.2) is 0 Å². The molecule has 0 atom stereocenters. The highest BCUT2D eigenvalue weighted by Crippen LogP contribution is 1.87. The minimum absolute atomic E-state index is 0.778. The van der Waals surface area contributed by atoms with Gasteiger partial charge in [-0.2, -0.15) is 0 Å². The standard InChI is InChI=1S/C9H22N2O/c1-3-8-12-9-7-11(2)6-4-5-10/h3-10H2,1-2H3. The first kappa shape index (κ1) is 11.9. The van der Waals surface area contributed by atoms with E-state index in [1.807, 2.05) is 0 Å². The summed E-state index contributed by atoms with van der Waals surface area (Å²) in [6.45, 7) is 6.71. The lowest BCUT2D eigenvalue weighted by Gasteiger charge is -2.15. The Morgan fingerprint density at radius 3 is 2.58 bits per heavy atom. The van der Waals surface area contributed by atoms with E-state index < -0.39 is 0 Å². The smallest absolute Gasteiger partial charge is 0.0593 e. The molecule has 0 rings (SSSR count). The first-order valence-electron chi connectivity index (χ1n) is 4.77. The third kappa shape index (κ3) is 7.98. The molecular weight excluding hydrogens is 152 g/mol. The maximum atomic E-state index is 5.40. The molecule has 0 fully saturated rings. The van der Waals surface area contributed by atoms with E-state index in [0.717, 1.165) is 45.7 Å². The number of nitrogens with two attached hydrogens (primary N) is 1. The normalized spacial score (nSPS) is 11.0. The van der Waals surface area contributed by atoms with Crippen LogP contribution in [-0.4, -0.2) is 44.8 Å². The Hall–Kier alpha value is -0.120. The molecule has 12 heavy (non-hydrogen) atoms. The summed E-state index contributed by atoms with van der Waals surface area (Å²) in [4.78, 5) is 2.25. The first-order valence-corrected chi connectivity index (χ1v) is 4.77. The highest BCUT2D eigenvalue weighted by Gasteiger charge is 1.95. The fourth-order valence-corrected chi connectivity index (χ4v) is 0.940. The SMILES string of the molecule is CCCOCCN(C)CCCN. The van der Waals surface area contributed by atoms with Crippen molar-refractivity contribution in [3.63, 3.8) is 0 Å². The molecule has 3 heteroatoms. The Morgan fingerprint density at radius 2 is 2.00 bits per heavy atom. The second kappa shape index (κ2) is 8.97. The Bertz CT molecular complexity index is 88.6. The minimum atomic E-state index is 0.778. The van der Waals surface area contributed by atoms with Crippen molar-refractivity contribution < 1.29 is 4.74 Å². The summed E-state index contributed by atoms with van der Waals surface area (Å²) >= 11 is 0. The topological polar surface area (TPSA) is 38.5 Å². The van der Waals surface area contributed by atoms with Gasteiger partial charge in [0, 0.05) is 13.2 Å². The Morgan fingerprint density at radius 1 is 1.25 bits per heavy atom. The zero-order valence-electron chi connectivity index (χ0n) is 8.38. The van der Waals surface area contributed by atoms with Crippen molar-refractivity contribution in [1.29, 1.82) is 0 Å². The summed E-state index contributed by atoms with van der Waals surface area (Å²) in [5.41, 5.74) is 5.40. The number of hydrogen-bond acceptors (Lipinski definition) is 3. The van der Waals surface area contributed by atoms with Gasteiger partial charge in [-0.05, 0) is 33.0 Å². The molecule has 0 bridgehead atoms. The van der Waals surface area contributed by atoms with Gasteiger partial charge in [-0.15, -0.1) is 0 Å². The van der Waals surface area contributed by atoms with Crippen LogP contribution in [0.2, 0.25) is 0 Å². The van der Waals surface area contributed by atoms with E-state index in [-0.39, 0.29) is 0 Å². The highest BCUT2D eigenvalue weighted by molar-refractivity contribution is 4.50. The fraction of sp³-hybridized carbons (Fsp3) is 1.00. The maximum Gasteiger partial charge on any atom is 0.0593 e. The van der Waals surface area contributed by atoms with Gasteiger partial charge in [-0.3, -0.25) is 0 Å². The predicted octanol–water partition coefficient (Wildman–Crippen LogP) is 0.694. The fourth-order valence-electron chi connectivity index (χ4n) is 0.940. The van der Waals surface area contributed by atoms with Gasteiger partial charge >= 0.3 is 0 Å². The van der Waals surface area contributed by atoms with Crippen molar-refractivity contribution in [2.75, 3.05) is 39.9 Å². The van der Waals surface area contributed by atoms with Crippen LogP contribution < -0.4 is 5.73 Å². The van der Waals surface area contributed by atoms with E-state index in [1.54, 1.807) is 0 Å². The van der Waals surface area contributed by atoms with Crippen molar-refractivity contribution in [3.8, 4) is 0 Å². The van der Waals surface area contributed by atoms with E-state index in [4.69, 9.17) is 10.5 Å². The molecule has 0 heterocycles. The Kier molecular flexibility index (Phi) is 8.88. The molecule has 0 aromatic rings. The van der Waals surface area contributed by atoms with Crippen LogP contribution in [0.3, 0.4) is 0 Å². The number of hydrogen-bond donors (Lipinski definition) is 1. The lowest BCUT2D eigenvalue weighted by molar-refractivity contribution is 0.112. The molecule has 0 spiro atoms. The van der Waals surface area contributed by atoms with Gasteiger partial charge in [0.25, 0.3) is 0 Å². The summed E-state index contributed by atoms with van der Waals surface area (Å²) < 4.78 is 5.36. The average molecular weight is 174 g/mol. The van der Waals surface area contributed by atoms with E-state index in [9.17, 15) is 0 Å². The van der Waals surface area contributed by atoms with Crippen molar-refractivity contribution in [3.05, 3.63) is 0 Å². The van der Waals surface area contributed by atoms with Crippen LogP contribution in [0.4, 0.5) is 0 Å². The molecule has 0 aromatic carbocycles. The molecule has 0 radical (unpaired) electrons. The number of likely N-dealkylation sites (N-methyl/N-ethyl adjacent to an activating group) is 1. The van der Waals surface area contributed by atoms with Crippen molar-refractivity contribution >= 4 is 0 Å². The molecule has 0 aliphatic carbocycles. The second-order valence-corrected chi connectivity index (χ2v) is 3.06. The van der Waals surface area contributed by atoms with Gasteiger partial charge in [0.05, 0.1) is 6.61 Å². The van der Waals surface area contributed by atoms with Crippen LogP contribution in [0.1, 0.15) is 19.8 Å². The Balaban J connectivity index is 3.02. The largest absolute Gasteiger partial charge is 0.380 e. The highest BCUT2D eigenvalue weighted by atomic mass is 16.5. The zero-order chi connectivity index (χ0) is 9.23. The second-order valence-electron chi connectivity index (χ2n) is 3.06. The average Bonchev–Trinajstić information content (AvgIpc) is 2.09. The quantitative estimate of drug-likeness (QED) is 0.550. The van der Waals surface area contributed by atoms with E-state index >= 15 is 0 Å². The first-order chi connectivity index (χ1) is 5.81. The summed E-state index contributed by atoms with van der Waals surface area (Å²) in [6.07, 6.45) is 2.18. The van der Waals surface area contributed by atoms with Gasteiger partial charge in [0.1, 0.15) is 0 Å². The zero-order valence-corrected chi connectivity index (χ0v) is 8.38. The van der Waals surface area contributed by atoms with Crippen LogP contribution in [0.25, 0.3) is 0 Å². The molecule has 0 saturated heterocycles. The summed E-state index contributed by atoms with van der Waals surface area (Å²) in [6, 6.07) is 0. The van der Waals surface area contributed by atoms with E-state index in [2.05, 4.69) is 18.9 Å². The lowest BCUT2D eigenvalue weighted by atomic mass is 10.4. The molecule has 3 nitrogen and oxygen atoms in total.